The third kappa shape index (κ3) is 4.47. The van der Waals surface area contributed by atoms with Crippen LogP contribution in [0.4, 0.5) is 10.6 Å². The van der Waals surface area contributed by atoms with Crippen LogP contribution in [0.25, 0.3) is 11.1 Å². The maximum absolute atomic E-state index is 12.9. The van der Waals surface area contributed by atoms with Crippen molar-refractivity contribution in [3.05, 3.63) is 65.4 Å². The molecule has 176 valence electrons. The number of amides is 2. The number of aliphatic carboxylic acids is 1. The van der Waals surface area contributed by atoms with Crippen LogP contribution in [0, 0.1) is 0 Å². The van der Waals surface area contributed by atoms with E-state index in [0.717, 1.165) is 27.2 Å². The van der Waals surface area contributed by atoms with Crippen molar-refractivity contribution in [2.75, 3.05) is 18.5 Å². The summed E-state index contributed by atoms with van der Waals surface area (Å²) in [5.74, 6) is -2.32. The van der Waals surface area contributed by atoms with Gasteiger partial charge in [-0.05, 0) is 53.3 Å². The standard InChI is InChI=1S/C24H24N4O6/c1-24(2,3)28(12-19(29)30)22(31)20-21(27-34-26-20)25-23(32)33-13-18-16-10-6-4-8-14(16)15-9-5-7-11-17(15)18/h4-11,18H,12-13H2,1-3H3,(H,29,30)(H,25,27,32). The van der Waals surface area contributed by atoms with Crippen molar-refractivity contribution in [3.8, 4) is 11.1 Å². The Morgan fingerprint density at radius 3 is 2.18 bits per heavy atom. The van der Waals surface area contributed by atoms with Crippen molar-refractivity contribution in [3.63, 3.8) is 0 Å². The van der Waals surface area contributed by atoms with E-state index < -0.39 is 30.1 Å². The van der Waals surface area contributed by atoms with Crippen LogP contribution in [-0.2, 0) is 9.53 Å². The molecule has 0 aliphatic heterocycles. The maximum atomic E-state index is 12.9. The lowest BCUT2D eigenvalue weighted by atomic mass is 9.98. The van der Waals surface area contributed by atoms with Crippen molar-refractivity contribution in [1.82, 2.24) is 15.2 Å². The van der Waals surface area contributed by atoms with E-state index in [4.69, 9.17) is 4.74 Å². The number of rotatable bonds is 6. The molecule has 0 bridgehead atoms. The topological polar surface area (TPSA) is 135 Å². The molecule has 0 unspecified atom stereocenters. The summed E-state index contributed by atoms with van der Waals surface area (Å²) in [5.41, 5.74) is 3.18. The lowest BCUT2D eigenvalue weighted by Gasteiger charge is -2.33. The number of nitrogens with one attached hydrogen (secondary N) is 1. The molecular formula is C24H24N4O6. The van der Waals surface area contributed by atoms with Crippen LogP contribution >= 0.6 is 0 Å². The zero-order valence-corrected chi connectivity index (χ0v) is 18.9. The van der Waals surface area contributed by atoms with Crippen molar-refractivity contribution >= 4 is 23.8 Å². The number of carboxylic acids is 1. The molecule has 2 amide bonds. The molecule has 0 fully saturated rings. The fourth-order valence-corrected chi connectivity index (χ4v) is 4.02. The molecule has 1 aliphatic rings. The molecule has 3 aromatic rings. The van der Waals surface area contributed by atoms with Crippen molar-refractivity contribution in [1.29, 1.82) is 0 Å². The van der Waals surface area contributed by atoms with Crippen molar-refractivity contribution in [2.45, 2.75) is 32.2 Å². The Morgan fingerprint density at radius 1 is 1.03 bits per heavy atom. The number of carbonyl (C=O) groups excluding carboxylic acids is 2. The second-order valence-electron chi connectivity index (χ2n) is 8.87. The fraction of sp³-hybridized carbons (Fsp3) is 0.292. The number of carbonyl (C=O) groups is 3. The largest absolute Gasteiger partial charge is 0.480 e. The third-order valence-corrected chi connectivity index (χ3v) is 5.60. The Bertz CT molecular complexity index is 1200. The maximum Gasteiger partial charge on any atom is 0.412 e. The van der Waals surface area contributed by atoms with E-state index in [-0.39, 0.29) is 24.0 Å². The lowest BCUT2D eigenvalue weighted by Crippen LogP contribution is -2.48. The average Bonchev–Trinajstić information content (AvgIpc) is 3.37. The molecule has 4 rings (SSSR count). The van der Waals surface area contributed by atoms with E-state index >= 15 is 0 Å². The second kappa shape index (κ2) is 8.97. The molecule has 10 nitrogen and oxygen atoms in total. The first-order chi connectivity index (χ1) is 16.2. The summed E-state index contributed by atoms with van der Waals surface area (Å²) in [7, 11) is 0. The van der Waals surface area contributed by atoms with Crippen LogP contribution in [0.15, 0.2) is 53.2 Å². The summed E-state index contributed by atoms with van der Waals surface area (Å²) in [6.45, 7) is 4.56. The molecule has 1 aliphatic carbocycles. The zero-order chi connectivity index (χ0) is 24.5. The van der Waals surface area contributed by atoms with E-state index in [2.05, 4.69) is 20.3 Å². The Kier molecular flexibility index (Phi) is 6.06. The van der Waals surface area contributed by atoms with Crippen LogP contribution < -0.4 is 5.32 Å². The molecule has 1 aromatic heterocycles. The van der Waals surface area contributed by atoms with Crippen molar-refractivity contribution < 1.29 is 28.9 Å². The van der Waals surface area contributed by atoms with E-state index in [9.17, 15) is 19.5 Å². The molecule has 0 atom stereocenters. The quantitative estimate of drug-likeness (QED) is 0.563. The number of ether oxygens (including phenoxy) is 1. The number of aromatic nitrogens is 2. The van der Waals surface area contributed by atoms with Gasteiger partial charge in [0.2, 0.25) is 11.5 Å². The lowest BCUT2D eigenvalue weighted by molar-refractivity contribution is -0.138. The van der Waals surface area contributed by atoms with Crippen LogP contribution in [-0.4, -0.2) is 57.0 Å². The van der Waals surface area contributed by atoms with Gasteiger partial charge in [0.25, 0.3) is 5.91 Å². The monoisotopic (exact) mass is 464 g/mol. The molecule has 2 aromatic carbocycles. The highest BCUT2D eigenvalue weighted by Crippen LogP contribution is 2.44. The van der Waals surface area contributed by atoms with E-state index in [1.54, 1.807) is 20.8 Å². The van der Waals surface area contributed by atoms with E-state index in [1.165, 1.54) is 0 Å². The summed E-state index contributed by atoms with van der Waals surface area (Å²) in [4.78, 5) is 37.8. The normalized spacial score (nSPS) is 12.6. The van der Waals surface area contributed by atoms with Gasteiger partial charge in [0.15, 0.2) is 0 Å². The summed E-state index contributed by atoms with van der Waals surface area (Å²) < 4.78 is 10.1. The Balaban J connectivity index is 1.47. The van der Waals surface area contributed by atoms with Crippen LogP contribution in [0.2, 0.25) is 0 Å². The van der Waals surface area contributed by atoms with Crippen LogP contribution in [0.1, 0.15) is 48.3 Å². The molecule has 10 heteroatoms. The third-order valence-electron chi connectivity index (χ3n) is 5.60. The summed E-state index contributed by atoms with van der Waals surface area (Å²) in [5, 5.41) is 18.7. The summed E-state index contributed by atoms with van der Waals surface area (Å²) in [6.07, 6.45) is -0.841. The van der Waals surface area contributed by atoms with Gasteiger partial charge in [-0.1, -0.05) is 48.5 Å². The van der Waals surface area contributed by atoms with Gasteiger partial charge in [-0.25, -0.2) is 9.42 Å². The van der Waals surface area contributed by atoms with Gasteiger partial charge < -0.3 is 14.7 Å². The molecule has 1 heterocycles. The Labute approximate surface area is 195 Å². The molecule has 0 spiro atoms. The number of nitrogens with zero attached hydrogens (tertiary/aromatic N) is 3. The summed E-state index contributed by atoms with van der Waals surface area (Å²) in [6, 6.07) is 15.9. The molecule has 0 radical (unpaired) electrons. The minimum atomic E-state index is -1.19. The first-order valence-electron chi connectivity index (χ1n) is 10.6. The highest BCUT2D eigenvalue weighted by Gasteiger charge is 2.34. The second-order valence-corrected chi connectivity index (χ2v) is 8.87. The first-order valence-corrected chi connectivity index (χ1v) is 10.6. The highest BCUT2D eigenvalue weighted by molar-refractivity contribution is 6.01. The van der Waals surface area contributed by atoms with Crippen molar-refractivity contribution in [2.24, 2.45) is 0 Å². The van der Waals surface area contributed by atoms with E-state index in [1.807, 2.05) is 48.5 Å². The zero-order valence-electron chi connectivity index (χ0n) is 18.9. The van der Waals surface area contributed by atoms with Gasteiger partial charge >= 0.3 is 12.1 Å². The molecule has 0 saturated carbocycles. The highest BCUT2D eigenvalue weighted by atomic mass is 16.6. The Hall–Kier alpha value is -4.21. The number of benzene rings is 2. The molecule has 0 saturated heterocycles. The molecular weight excluding hydrogens is 440 g/mol. The predicted molar refractivity (Wildman–Crippen MR) is 121 cm³/mol. The van der Waals surface area contributed by atoms with Crippen LogP contribution in [0.5, 0.6) is 0 Å². The van der Waals surface area contributed by atoms with Gasteiger partial charge in [0.05, 0.1) is 0 Å². The predicted octanol–water partition coefficient (Wildman–Crippen LogP) is 3.76. The number of anilines is 1. The van der Waals surface area contributed by atoms with E-state index in [0.29, 0.717) is 0 Å². The number of carboxylic acid groups (broad SMARTS) is 1. The minimum absolute atomic E-state index is 0.0710. The van der Waals surface area contributed by atoms with Crippen LogP contribution in [0.3, 0.4) is 0 Å². The fourth-order valence-electron chi connectivity index (χ4n) is 4.02. The Morgan fingerprint density at radius 2 is 1.62 bits per heavy atom. The minimum Gasteiger partial charge on any atom is -0.480 e. The molecule has 34 heavy (non-hydrogen) atoms. The number of fused-ring (bicyclic) bond motifs is 3. The number of hydrogen-bond acceptors (Lipinski definition) is 7. The number of hydrogen-bond donors (Lipinski definition) is 2. The first kappa shape index (κ1) is 23.0. The van der Waals surface area contributed by atoms with Gasteiger partial charge in [-0.3, -0.25) is 14.9 Å². The molecule has 2 N–H and O–H groups in total. The van der Waals surface area contributed by atoms with Gasteiger partial charge in [0.1, 0.15) is 13.2 Å². The van der Waals surface area contributed by atoms with Gasteiger partial charge in [-0.15, -0.1) is 0 Å². The SMILES string of the molecule is CC(C)(C)N(CC(=O)O)C(=O)c1nonc1NC(=O)OCC1c2ccccc2-c2ccccc21. The van der Waals surface area contributed by atoms with Gasteiger partial charge in [-0.2, -0.15) is 0 Å². The average molecular weight is 464 g/mol. The smallest absolute Gasteiger partial charge is 0.412 e. The van der Waals surface area contributed by atoms with Gasteiger partial charge in [0, 0.05) is 11.5 Å². The summed E-state index contributed by atoms with van der Waals surface area (Å²) >= 11 is 0.